The standard InChI is InChI=1S/C12H9NO2S/c1-8-4-5-10(15-8)12(14)9(7-13)11-3-2-6-16-11/h2-6,9H,1H3. The number of furan rings is 1. The maximum absolute atomic E-state index is 12.0. The second-order valence-electron chi connectivity index (χ2n) is 3.35. The topological polar surface area (TPSA) is 54.0 Å². The van der Waals surface area contributed by atoms with E-state index in [1.807, 2.05) is 17.5 Å². The summed E-state index contributed by atoms with van der Waals surface area (Å²) in [5.74, 6) is -0.118. The normalized spacial score (nSPS) is 12.0. The number of hydrogen-bond donors (Lipinski definition) is 0. The lowest BCUT2D eigenvalue weighted by atomic mass is 10.0. The fourth-order valence-corrected chi connectivity index (χ4v) is 2.18. The first-order chi connectivity index (χ1) is 7.72. The van der Waals surface area contributed by atoms with Crippen LogP contribution in [0.15, 0.2) is 34.1 Å². The molecule has 0 aliphatic rings. The zero-order chi connectivity index (χ0) is 11.5. The molecule has 2 heterocycles. The third kappa shape index (κ3) is 1.90. The first kappa shape index (κ1) is 10.7. The third-order valence-corrected chi connectivity index (χ3v) is 3.14. The van der Waals surface area contributed by atoms with E-state index in [4.69, 9.17) is 9.68 Å². The largest absolute Gasteiger partial charge is 0.458 e. The van der Waals surface area contributed by atoms with Crippen molar-refractivity contribution >= 4 is 17.1 Å². The monoisotopic (exact) mass is 231 g/mol. The summed E-state index contributed by atoms with van der Waals surface area (Å²) in [6, 6.07) is 8.95. The molecule has 0 N–H and O–H groups in total. The van der Waals surface area contributed by atoms with Crippen molar-refractivity contribution < 1.29 is 9.21 Å². The summed E-state index contributed by atoms with van der Waals surface area (Å²) >= 11 is 1.40. The van der Waals surface area contributed by atoms with Gasteiger partial charge in [-0.2, -0.15) is 5.26 Å². The Kier molecular flexibility index (Phi) is 2.88. The molecular weight excluding hydrogens is 222 g/mol. The van der Waals surface area contributed by atoms with Gasteiger partial charge in [0.05, 0.1) is 6.07 Å². The predicted octanol–water partition coefficient (Wildman–Crippen LogP) is 3.14. The highest BCUT2D eigenvalue weighted by molar-refractivity contribution is 7.10. The fourth-order valence-electron chi connectivity index (χ4n) is 1.42. The van der Waals surface area contributed by atoms with Crippen molar-refractivity contribution in [1.29, 1.82) is 5.26 Å². The highest BCUT2D eigenvalue weighted by Crippen LogP contribution is 2.25. The summed E-state index contributed by atoms with van der Waals surface area (Å²) in [5, 5.41) is 10.9. The van der Waals surface area contributed by atoms with E-state index in [0.29, 0.717) is 5.76 Å². The van der Waals surface area contributed by atoms with Crippen LogP contribution < -0.4 is 0 Å². The maximum Gasteiger partial charge on any atom is 0.220 e. The van der Waals surface area contributed by atoms with Crippen LogP contribution in [0.2, 0.25) is 0 Å². The molecule has 0 amide bonds. The molecule has 2 rings (SSSR count). The Bertz CT molecular complexity index is 534. The van der Waals surface area contributed by atoms with Gasteiger partial charge in [0.2, 0.25) is 5.78 Å². The van der Waals surface area contributed by atoms with E-state index in [2.05, 4.69) is 0 Å². The van der Waals surface area contributed by atoms with E-state index in [0.717, 1.165) is 4.88 Å². The molecule has 0 radical (unpaired) electrons. The van der Waals surface area contributed by atoms with E-state index in [1.54, 1.807) is 25.1 Å². The van der Waals surface area contributed by atoms with Crippen LogP contribution in [0.25, 0.3) is 0 Å². The molecule has 1 unspecified atom stereocenters. The molecule has 0 spiro atoms. The molecule has 0 saturated carbocycles. The Balaban J connectivity index is 2.31. The zero-order valence-electron chi connectivity index (χ0n) is 8.64. The van der Waals surface area contributed by atoms with Crippen LogP contribution in [0, 0.1) is 18.3 Å². The zero-order valence-corrected chi connectivity index (χ0v) is 9.45. The molecule has 0 aliphatic carbocycles. The number of carbonyl (C=O) groups excluding carboxylic acids is 1. The van der Waals surface area contributed by atoms with E-state index in [9.17, 15) is 4.79 Å². The fraction of sp³-hybridized carbons (Fsp3) is 0.167. The van der Waals surface area contributed by atoms with Gasteiger partial charge in [0.15, 0.2) is 5.76 Å². The Labute approximate surface area is 96.9 Å². The maximum atomic E-state index is 12.0. The number of nitrogens with zero attached hydrogens (tertiary/aromatic N) is 1. The minimum atomic E-state index is -0.759. The van der Waals surface area contributed by atoms with Crippen molar-refractivity contribution in [3.8, 4) is 6.07 Å². The Morgan fingerprint density at radius 1 is 1.50 bits per heavy atom. The molecule has 1 atom stereocenters. The number of thiophene rings is 1. The number of aryl methyl sites for hydroxylation is 1. The molecule has 0 fully saturated rings. The van der Waals surface area contributed by atoms with Gasteiger partial charge >= 0.3 is 0 Å². The molecule has 16 heavy (non-hydrogen) atoms. The van der Waals surface area contributed by atoms with Gasteiger partial charge in [0, 0.05) is 4.88 Å². The smallest absolute Gasteiger partial charge is 0.220 e. The van der Waals surface area contributed by atoms with Gasteiger partial charge in [-0.05, 0) is 30.5 Å². The Morgan fingerprint density at radius 3 is 2.81 bits per heavy atom. The van der Waals surface area contributed by atoms with Gasteiger partial charge in [0.25, 0.3) is 0 Å². The van der Waals surface area contributed by atoms with Gasteiger partial charge in [-0.15, -0.1) is 11.3 Å². The Hall–Kier alpha value is -1.86. The lowest BCUT2D eigenvalue weighted by Crippen LogP contribution is -2.08. The SMILES string of the molecule is Cc1ccc(C(=O)C(C#N)c2cccs2)o1. The molecule has 2 aromatic rings. The van der Waals surface area contributed by atoms with Crippen LogP contribution in [-0.4, -0.2) is 5.78 Å². The second kappa shape index (κ2) is 4.33. The van der Waals surface area contributed by atoms with Gasteiger partial charge in [-0.25, -0.2) is 0 Å². The number of carbonyl (C=O) groups is 1. The summed E-state index contributed by atoms with van der Waals surface area (Å²) in [6.07, 6.45) is 0. The van der Waals surface area contributed by atoms with E-state index in [-0.39, 0.29) is 11.5 Å². The summed E-state index contributed by atoms with van der Waals surface area (Å²) in [6.45, 7) is 1.77. The van der Waals surface area contributed by atoms with E-state index >= 15 is 0 Å². The van der Waals surface area contributed by atoms with Gasteiger partial charge in [0.1, 0.15) is 11.7 Å². The molecule has 4 heteroatoms. The van der Waals surface area contributed by atoms with Crippen LogP contribution in [0.5, 0.6) is 0 Å². The molecule has 80 valence electrons. The molecule has 3 nitrogen and oxygen atoms in total. The molecule has 0 aromatic carbocycles. The van der Waals surface area contributed by atoms with Crippen molar-refractivity contribution in [2.24, 2.45) is 0 Å². The van der Waals surface area contributed by atoms with E-state index < -0.39 is 5.92 Å². The lowest BCUT2D eigenvalue weighted by Gasteiger charge is -2.02. The van der Waals surface area contributed by atoms with Crippen molar-refractivity contribution in [3.63, 3.8) is 0 Å². The summed E-state index contributed by atoms with van der Waals surface area (Å²) in [4.78, 5) is 12.7. The van der Waals surface area contributed by atoms with Gasteiger partial charge in [-0.1, -0.05) is 6.07 Å². The van der Waals surface area contributed by atoms with Crippen LogP contribution in [0.3, 0.4) is 0 Å². The number of hydrogen-bond acceptors (Lipinski definition) is 4. The molecular formula is C12H9NO2S. The number of Topliss-reactive ketones (excluding diaryl/α,β-unsaturated/α-hetero) is 1. The quantitative estimate of drug-likeness (QED) is 0.762. The van der Waals surface area contributed by atoms with Crippen LogP contribution >= 0.6 is 11.3 Å². The van der Waals surface area contributed by atoms with E-state index in [1.165, 1.54) is 11.3 Å². The molecule has 2 aromatic heterocycles. The molecule has 0 aliphatic heterocycles. The summed E-state index contributed by atoms with van der Waals surface area (Å²) in [7, 11) is 0. The highest BCUT2D eigenvalue weighted by atomic mass is 32.1. The second-order valence-corrected chi connectivity index (χ2v) is 4.33. The number of nitriles is 1. The molecule has 0 saturated heterocycles. The van der Waals surface area contributed by atoms with Crippen LogP contribution in [0.4, 0.5) is 0 Å². The Morgan fingerprint density at radius 2 is 2.31 bits per heavy atom. The van der Waals surface area contributed by atoms with Gasteiger partial charge < -0.3 is 4.42 Å². The average molecular weight is 231 g/mol. The van der Waals surface area contributed by atoms with Crippen molar-refractivity contribution in [2.75, 3.05) is 0 Å². The van der Waals surface area contributed by atoms with Gasteiger partial charge in [-0.3, -0.25) is 4.79 Å². The minimum Gasteiger partial charge on any atom is -0.458 e. The average Bonchev–Trinajstić information content (AvgIpc) is 2.90. The highest BCUT2D eigenvalue weighted by Gasteiger charge is 2.24. The van der Waals surface area contributed by atoms with Crippen LogP contribution in [0.1, 0.15) is 27.1 Å². The van der Waals surface area contributed by atoms with Crippen molar-refractivity contribution in [3.05, 3.63) is 46.0 Å². The lowest BCUT2D eigenvalue weighted by molar-refractivity contribution is 0.0951. The summed E-state index contributed by atoms with van der Waals surface area (Å²) in [5.41, 5.74) is 0. The first-order valence-corrected chi connectivity index (χ1v) is 5.64. The van der Waals surface area contributed by atoms with Crippen LogP contribution in [-0.2, 0) is 0 Å². The van der Waals surface area contributed by atoms with Crippen molar-refractivity contribution in [1.82, 2.24) is 0 Å². The number of rotatable bonds is 3. The molecule has 0 bridgehead atoms. The van der Waals surface area contributed by atoms with Crippen molar-refractivity contribution in [2.45, 2.75) is 12.8 Å². The minimum absolute atomic E-state index is 0.248. The third-order valence-electron chi connectivity index (χ3n) is 2.20. The summed E-state index contributed by atoms with van der Waals surface area (Å²) < 4.78 is 5.23. The predicted molar refractivity (Wildman–Crippen MR) is 60.4 cm³/mol. The first-order valence-electron chi connectivity index (χ1n) is 4.76. The number of ketones is 1.